The van der Waals surface area contributed by atoms with E-state index in [2.05, 4.69) is 51.3 Å². The number of anilines is 1. The number of fused-ring (bicyclic) bond motifs is 1. The van der Waals surface area contributed by atoms with Crippen LogP contribution in [0.3, 0.4) is 0 Å². The zero-order valence-electron chi connectivity index (χ0n) is 20.8. The molecule has 6 heteroatoms. The van der Waals surface area contributed by atoms with Gasteiger partial charge in [0.1, 0.15) is 11.8 Å². The van der Waals surface area contributed by atoms with E-state index >= 15 is 0 Å². The minimum atomic E-state index is -0.189. The van der Waals surface area contributed by atoms with Crippen molar-refractivity contribution in [2.45, 2.75) is 38.2 Å². The minimum absolute atomic E-state index is 0.0406. The number of hydrogen-bond donors (Lipinski definition) is 0. The molecule has 0 bridgehead atoms. The van der Waals surface area contributed by atoms with Crippen LogP contribution in [-0.4, -0.2) is 53.5 Å². The Morgan fingerprint density at radius 1 is 0.889 bits per heavy atom. The number of allylic oxidation sites excluding steroid dienone is 2. The topological polar surface area (TPSA) is 50.6 Å². The lowest BCUT2D eigenvalue weighted by molar-refractivity contribution is 0.202. The fourth-order valence-corrected chi connectivity index (χ4v) is 5.85. The smallest absolute Gasteiger partial charge is 0.316 e. The van der Waals surface area contributed by atoms with Crippen molar-refractivity contribution in [2.24, 2.45) is 5.92 Å². The van der Waals surface area contributed by atoms with Crippen LogP contribution in [-0.2, 0) is 12.8 Å². The fraction of sp³-hybridized carbons (Fsp3) is 0.400. The van der Waals surface area contributed by atoms with Crippen molar-refractivity contribution < 1.29 is 4.74 Å². The van der Waals surface area contributed by atoms with Gasteiger partial charge in [-0.25, -0.2) is 0 Å². The number of benzene rings is 2. The summed E-state index contributed by atoms with van der Waals surface area (Å²) in [6, 6.07) is 18.1. The van der Waals surface area contributed by atoms with E-state index in [0.29, 0.717) is 5.75 Å². The Labute approximate surface area is 212 Å². The Kier molecular flexibility index (Phi) is 6.60. The van der Waals surface area contributed by atoms with Gasteiger partial charge in [-0.3, -0.25) is 9.69 Å². The fourth-order valence-electron chi connectivity index (χ4n) is 5.85. The molecule has 1 aromatic heterocycles. The lowest BCUT2D eigenvalue weighted by atomic mass is 9.94. The third-order valence-electron chi connectivity index (χ3n) is 7.82. The summed E-state index contributed by atoms with van der Waals surface area (Å²) in [4.78, 5) is 18.6. The first-order chi connectivity index (χ1) is 17.7. The highest BCUT2D eigenvalue weighted by Crippen LogP contribution is 2.31. The van der Waals surface area contributed by atoms with Crippen LogP contribution in [0, 0.1) is 5.92 Å². The molecular formula is C30H34N4O2. The van der Waals surface area contributed by atoms with Gasteiger partial charge in [0.15, 0.2) is 0 Å². The number of hydrogen-bond acceptors (Lipinski definition) is 5. The molecule has 1 saturated heterocycles. The summed E-state index contributed by atoms with van der Waals surface area (Å²) in [5.74, 6) is 1.19. The standard InChI is InChI=1S/C30H34N4O2/c35-30-29(36-27-19-24-11-7-8-12-25(24)20-27)28(21-31-34(30)26-13-5-2-6-14-26)33-17-15-32(16-18-33)22-23-9-3-1-4-10-23/h1-3,5-8,11-14,21,23,27H,4,9-10,15-20,22H2. The van der Waals surface area contributed by atoms with Crippen molar-refractivity contribution in [3.05, 3.63) is 94.4 Å². The highest BCUT2D eigenvalue weighted by atomic mass is 16.5. The second-order valence-corrected chi connectivity index (χ2v) is 10.3. The lowest BCUT2D eigenvalue weighted by Gasteiger charge is -2.38. The number of rotatable bonds is 6. The molecule has 186 valence electrons. The van der Waals surface area contributed by atoms with E-state index in [1.807, 2.05) is 36.5 Å². The maximum absolute atomic E-state index is 13.8. The molecule has 6 rings (SSSR count). The molecule has 36 heavy (non-hydrogen) atoms. The van der Waals surface area contributed by atoms with Crippen LogP contribution >= 0.6 is 0 Å². The van der Waals surface area contributed by atoms with Crippen molar-refractivity contribution in [3.8, 4) is 11.4 Å². The van der Waals surface area contributed by atoms with Crippen LogP contribution in [0.4, 0.5) is 5.69 Å². The van der Waals surface area contributed by atoms with Crippen molar-refractivity contribution >= 4 is 5.69 Å². The largest absolute Gasteiger partial charge is 0.482 e. The van der Waals surface area contributed by atoms with Gasteiger partial charge >= 0.3 is 5.56 Å². The molecule has 1 aliphatic heterocycles. The highest BCUT2D eigenvalue weighted by molar-refractivity contribution is 5.57. The van der Waals surface area contributed by atoms with E-state index in [-0.39, 0.29) is 11.7 Å². The molecule has 3 aliphatic rings. The predicted octanol–water partition coefficient (Wildman–Crippen LogP) is 4.26. The zero-order valence-corrected chi connectivity index (χ0v) is 20.8. The molecule has 0 spiro atoms. The molecule has 1 unspecified atom stereocenters. The van der Waals surface area contributed by atoms with E-state index in [0.717, 1.165) is 62.9 Å². The van der Waals surface area contributed by atoms with Crippen LogP contribution < -0.4 is 15.2 Å². The quantitative estimate of drug-likeness (QED) is 0.492. The molecule has 6 nitrogen and oxygen atoms in total. The molecule has 3 aromatic rings. The molecule has 0 amide bonds. The van der Waals surface area contributed by atoms with E-state index in [1.165, 1.54) is 35.1 Å². The number of nitrogens with zero attached hydrogens (tertiary/aromatic N) is 4. The third kappa shape index (κ3) is 4.82. The first-order valence-electron chi connectivity index (χ1n) is 13.3. The molecular weight excluding hydrogens is 448 g/mol. The van der Waals surface area contributed by atoms with E-state index in [4.69, 9.17) is 4.74 Å². The SMILES string of the molecule is O=c1c(OC2Cc3ccccc3C2)c(N2CCN(CC3CC=CCC3)CC2)cnn1-c1ccccc1. The third-order valence-corrected chi connectivity index (χ3v) is 7.82. The van der Waals surface area contributed by atoms with Gasteiger partial charge in [-0.1, -0.05) is 54.6 Å². The number of para-hydroxylation sites is 1. The molecule has 1 fully saturated rings. The Bertz CT molecular complexity index is 1250. The van der Waals surface area contributed by atoms with Crippen LogP contribution in [0.2, 0.25) is 0 Å². The van der Waals surface area contributed by atoms with Crippen LogP contribution in [0.1, 0.15) is 30.4 Å². The summed E-state index contributed by atoms with van der Waals surface area (Å²) >= 11 is 0. The number of piperazine rings is 1. The summed E-state index contributed by atoms with van der Waals surface area (Å²) in [6.07, 6.45) is 11.8. The van der Waals surface area contributed by atoms with Gasteiger partial charge in [-0.05, 0) is 48.4 Å². The maximum atomic E-state index is 13.8. The van der Waals surface area contributed by atoms with Crippen LogP contribution in [0.5, 0.6) is 5.75 Å². The van der Waals surface area contributed by atoms with Crippen LogP contribution in [0.25, 0.3) is 5.69 Å². The molecule has 1 atom stereocenters. The second-order valence-electron chi connectivity index (χ2n) is 10.3. The Hall–Kier alpha value is -3.38. The Balaban J connectivity index is 1.24. The summed E-state index contributed by atoms with van der Waals surface area (Å²) in [6.45, 7) is 4.91. The molecule has 2 aliphatic carbocycles. The Morgan fingerprint density at radius 2 is 1.61 bits per heavy atom. The number of aromatic nitrogens is 2. The lowest BCUT2D eigenvalue weighted by Crippen LogP contribution is -2.48. The molecule has 0 N–H and O–H groups in total. The van der Waals surface area contributed by atoms with E-state index in [9.17, 15) is 4.79 Å². The molecule has 2 aromatic carbocycles. The van der Waals surface area contributed by atoms with Gasteiger partial charge < -0.3 is 9.64 Å². The normalized spacial score (nSPS) is 20.4. The van der Waals surface area contributed by atoms with Gasteiger partial charge in [0.05, 0.1) is 11.9 Å². The molecule has 0 saturated carbocycles. The average molecular weight is 483 g/mol. The van der Waals surface area contributed by atoms with Crippen molar-refractivity contribution in [1.29, 1.82) is 0 Å². The second kappa shape index (κ2) is 10.3. The molecule has 0 radical (unpaired) electrons. The van der Waals surface area contributed by atoms with Crippen LogP contribution in [0.15, 0.2) is 77.7 Å². The van der Waals surface area contributed by atoms with Crippen molar-refractivity contribution in [3.63, 3.8) is 0 Å². The number of ether oxygens (including phenoxy) is 1. The van der Waals surface area contributed by atoms with Gasteiger partial charge in [0, 0.05) is 45.6 Å². The predicted molar refractivity (Wildman–Crippen MR) is 143 cm³/mol. The van der Waals surface area contributed by atoms with Crippen molar-refractivity contribution in [2.75, 3.05) is 37.6 Å². The van der Waals surface area contributed by atoms with Gasteiger partial charge in [0.25, 0.3) is 0 Å². The monoisotopic (exact) mass is 482 g/mol. The van der Waals surface area contributed by atoms with E-state index < -0.39 is 0 Å². The first-order valence-corrected chi connectivity index (χ1v) is 13.3. The summed E-state index contributed by atoms with van der Waals surface area (Å²) in [5, 5.41) is 4.57. The first kappa shape index (κ1) is 23.0. The van der Waals surface area contributed by atoms with Gasteiger partial charge in [0.2, 0.25) is 5.75 Å². The highest BCUT2D eigenvalue weighted by Gasteiger charge is 2.29. The maximum Gasteiger partial charge on any atom is 0.316 e. The van der Waals surface area contributed by atoms with E-state index in [1.54, 1.807) is 0 Å². The van der Waals surface area contributed by atoms with Gasteiger partial charge in [-0.15, -0.1) is 0 Å². The summed E-state index contributed by atoms with van der Waals surface area (Å²) in [7, 11) is 0. The zero-order chi connectivity index (χ0) is 24.3. The summed E-state index contributed by atoms with van der Waals surface area (Å²) in [5.41, 5.74) is 4.01. The summed E-state index contributed by atoms with van der Waals surface area (Å²) < 4.78 is 8.01. The molecule has 2 heterocycles. The minimum Gasteiger partial charge on any atom is -0.482 e. The van der Waals surface area contributed by atoms with Crippen molar-refractivity contribution in [1.82, 2.24) is 14.7 Å². The average Bonchev–Trinajstić information content (AvgIpc) is 3.34. The van der Waals surface area contributed by atoms with Gasteiger partial charge in [-0.2, -0.15) is 9.78 Å². The Morgan fingerprint density at radius 3 is 2.31 bits per heavy atom.